The first kappa shape index (κ1) is 62.9. The number of aryl methyl sites for hydroxylation is 2. The third kappa shape index (κ3) is 18.4. The molecule has 2 atom stereocenters. The van der Waals surface area contributed by atoms with Crippen LogP contribution < -0.4 is 20.1 Å². The summed E-state index contributed by atoms with van der Waals surface area (Å²) in [6, 6.07) is 26.0. The lowest BCUT2D eigenvalue weighted by Gasteiger charge is -2.36. The number of fused-ring (bicyclic) bond motifs is 4. The van der Waals surface area contributed by atoms with Gasteiger partial charge in [-0.3, -0.25) is 44.1 Å². The molecule has 18 nitrogen and oxygen atoms in total. The number of amides is 4. The summed E-state index contributed by atoms with van der Waals surface area (Å²) in [5.74, 6) is 0.682. The summed E-state index contributed by atoms with van der Waals surface area (Å²) in [5, 5.41) is 37.2. The summed E-state index contributed by atoms with van der Waals surface area (Å²) >= 11 is 6.54. The van der Waals surface area contributed by atoms with Gasteiger partial charge >= 0.3 is 0 Å². The predicted octanol–water partition coefficient (Wildman–Crippen LogP) is 6.93. The van der Waals surface area contributed by atoms with Gasteiger partial charge in [0.15, 0.2) is 0 Å². The minimum absolute atomic E-state index is 0.190. The Bertz CT molecular complexity index is 2810. The zero-order chi connectivity index (χ0) is 56.8. The molecule has 0 radical (unpaired) electrons. The van der Waals surface area contributed by atoms with E-state index in [1.165, 1.54) is 29.4 Å². The Morgan fingerprint density at radius 1 is 0.658 bits per heavy atom. The first-order valence-corrected chi connectivity index (χ1v) is 30.0. The molecule has 0 aliphatic carbocycles. The van der Waals surface area contributed by atoms with Gasteiger partial charge < -0.3 is 35.0 Å². The van der Waals surface area contributed by atoms with Crippen molar-refractivity contribution in [3.63, 3.8) is 0 Å². The molecule has 0 unspecified atom stereocenters. The van der Waals surface area contributed by atoms with E-state index in [-0.39, 0.29) is 43.4 Å². The number of piperidine rings is 1. The zero-order valence-electron chi connectivity index (χ0n) is 46.4. The van der Waals surface area contributed by atoms with Crippen molar-refractivity contribution in [2.24, 2.45) is 0 Å². The van der Waals surface area contributed by atoms with Crippen LogP contribution in [0.15, 0.2) is 84.9 Å². The average Bonchev–Trinajstić information content (AvgIpc) is 4.21. The van der Waals surface area contributed by atoms with Crippen molar-refractivity contribution in [1.29, 1.82) is 0 Å². The smallest absolute Gasteiger partial charge is 0.261 e. The molecule has 21 heteroatoms. The minimum atomic E-state index is -0.638. The van der Waals surface area contributed by atoms with Gasteiger partial charge in [0, 0.05) is 82.5 Å². The molecule has 428 valence electrons. The van der Waals surface area contributed by atoms with Gasteiger partial charge in [0.25, 0.3) is 23.6 Å². The number of nitrogens with one attached hydrogen (secondary N) is 2. The highest BCUT2D eigenvalue weighted by Gasteiger charge is 2.36. The first-order valence-electron chi connectivity index (χ1n) is 27.3. The average molecular weight is 1190 g/mol. The number of halogens is 1. The van der Waals surface area contributed by atoms with Crippen molar-refractivity contribution in [3.8, 4) is 11.5 Å². The summed E-state index contributed by atoms with van der Waals surface area (Å²) in [7, 11) is 0. The van der Waals surface area contributed by atoms with Crippen LogP contribution in [-0.2, 0) is 0 Å². The Morgan fingerprint density at radius 2 is 1.09 bits per heavy atom. The summed E-state index contributed by atoms with van der Waals surface area (Å²) in [6.45, 7) is 23.9. The van der Waals surface area contributed by atoms with Gasteiger partial charge in [-0.2, -0.15) is 0 Å². The number of imide groups is 2. The SMILES string of the molecule is CCN(CC)CC.CCO.Cc1nc2cc(OC[C@H](O)CN3CCN(CCN4C(=O)c5ccccc5C4=O)CC3)ccc2s1.Cc1nc2cc(OC[C@H](O)NC3CCNCC3)ccc2s1.O=C1c2ccccc2C(=O)N1CCBr. The number of alkyl halides is 1. The fourth-order valence-electron chi connectivity index (χ4n) is 9.33. The first-order chi connectivity index (χ1) is 38.2. The molecule has 10 rings (SSSR count). The van der Waals surface area contributed by atoms with E-state index in [0.717, 1.165) is 94.1 Å². The van der Waals surface area contributed by atoms with E-state index >= 15 is 0 Å². The number of piperazine rings is 1. The number of nitrogens with zero attached hydrogens (tertiary/aromatic N) is 7. The summed E-state index contributed by atoms with van der Waals surface area (Å²) in [5.41, 5.74) is 3.89. The van der Waals surface area contributed by atoms with Crippen LogP contribution >= 0.6 is 38.6 Å². The van der Waals surface area contributed by atoms with Crippen LogP contribution in [0.5, 0.6) is 11.5 Å². The molecular formula is C58H78BrN9O9S2. The van der Waals surface area contributed by atoms with Crippen LogP contribution in [0.2, 0.25) is 0 Å². The van der Waals surface area contributed by atoms with E-state index in [1.807, 2.05) is 50.2 Å². The molecule has 4 aliphatic heterocycles. The van der Waals surface area contributed by atoms with Crippen LogP contribution in [0.3, 0.4) is 0 Å². The largest absolute Gasteiger partial charge is 0.491 e. The van der Waals surface area contributed by atoms with Crippen molar-refractivity contribution in [2.75, 3.05) is 110 Å². The topological polar surface area (TPSA) is 213 Å². The van der Waals surface area contributed by atoms with Gasteiger partial charge in [-0.25, -0.2) is 9.97 Å². The fraction of sp³-hybridized carbons (Fsp3) is 0.483. The lowest BCUT2D eigenvalue weighted by Crippen LogP contribution is -2.51. The number of aromatic nitrogens is 2. The summed E-state index contributed by atoms with van der Waals surface area (Å²) in [6.07, 6.45) is 0.862. The number of hydrogen-bond acceptors (Lipinski definition) is 18. The molecular weight excluding hydrogens is 1110 g/mol. The van der Waals surface area contributed by atoms with Gasteiger partial charge in [-0.05, 0) is 115 Å². The fourth-order valence-corrected chi connectivity index (χ4v) is 11.3. The van der Waals surface area contributed by atoms with Gasteiger partial charge in [0.2, 0.25) is 0 Å². The van der Waals surface area contributed by atoms with Crippen LogP contribution in [0.25, 0.3) is 20.4 Å². The molecule has 2 fully saturated rings. The molecule has 6 aromatic rings. The molecule has 0 saturated carbocycles. The molecule has 4 aromatic carbocycles. The quantitative estimate of drug-likeness (QED) is 0.0336. The highest BCUT2D eigenvalue weighted by Crippen LogP contribution is 2.28. The van der Waals surface area contributed by atoms with Gasteiger partial charge in [0.05, 0.1) is 52.7 Å². The number of benzene rings is 4. The number of hydrogen-bond donors (Lipinski definition) is 5. The van der Waals surface area contributed by atoms with Crippen LogP contribution in [-0.4, -0.2) is 202 Å². The Morgan fingerprint density at radius 3 is 1.52 bits per heavy atom. The Hall–Kier alpha value is -5.30. The van der Waals surface area contributed by atoms with E-state index < -0.39 is 12.3 Å². The molecule has 6 heterocycles. The number of carbonyl (C=O) groups excluding carboxylic acids is 4. The number of rotatable bonds is 18. The highest BCUT2D eigenvalue weighted by atomic mass is 79.9. The predicted molar refractivity (Wildman–Crippen MR) is 317 cm³/mol. The van der Waals surface area contributed by atoms with Crippen molar-refractivity contribution in [3.05, 3.63) is 117 Å². The lowest BCUT2D eigenvalue weighted by atomic mass is 10.1. The molecule has 79 heavy (non-hydrogen) atoms. The number of carbonyl (C=O) groups is 4. The third-order valence-corrected chi connectivity index (χ3v) is 15.8. The second-order valence-electron chi connectivity index (χ2n) is 19.1. The van der Waals surface area contributed by atoms with E-state index in [2.05, 4.69) is 72.0 Å². The number of β-amino-alcohol motifs (C(OH)–C–C–N with tert-alkyl or cyclic N) is 1. The normalized spacial score (nSPS) is 16.3. The number of thiazole rings is 2. The van der Waals surface area contributed by atoms with E-state index in [4.69, 9.17) is 14.6 Å². The van der Waals surface area contributed by atoms with Crippen LogP contribution in [0, 0.1) is 13.8 Å². The van der Waals surface area contributed by atoms with Crippen molar-refractivity contribution >= 4 is 82.7 Å². The van der Waals surface area contributed by atoms with E-state index in [9.17, 15) is 29.4 Å². The summed E-state index contributed by atoms with van der Waals surface area (Å²) in [4.78, 5) is 66.8. The Kier molecular flexibility index (Phi) is 25.7. The number of ether oxygens (including phenoxy) is 2. The zero-order valence-corrected chi connectivity index (χ0v) is 49.6. The molecule has 4 amide bonds. The molecule has 2 saturated heterocycles. The molecule has 0 bridgehead atoms. The maximum Gasteiger partial charge on any atom is 0.261 e. The Labute approximate surface area is 480 Å². The van der Waals surface area contributed by atoms with Gasteiger partial charge in [-0.1, -0.05) is 61.0 Å². The van der Waals surface area contributed by atoms with Crippen LogP contribution in [0.4, 0.5) is 0 Å². The second kappa shape index (κ2) is 32.2. The maximum absolute atomic E-state index is 12.5. The third-order valence-electron chi connectivity index (χ3n) is 13.5. The highest BCUT2D eigenvalue weighted by molar-refractivity contribution is 9.09. The van der Waals surface area contributed by atoms with E-state index in [0.29, 0.717) is 59.8 Å². The number of aliphatic hydroxyl groups is 3. The van der Waals surface area contributed by atoms with Crippen molar-refractivity contribution < 1.29 is 44.0 Å². The monoisotopic (exact) mass is 1190 g/mol. The van der Waals surface area contributed by atoms with E-state index in [1.54, 1.807) is 78.1 Å². The van der Waals surface area contributed by atoms with Crippen molar-refractivity contribution in [1.82, 2.24) is 45.1 Å². The molecule has 2 aromatic heterocycles. The maximum atomic E-state index is 12.5. The standard InChI is InChI=1S/C25H28N4O4S.C15H21N3O2S.C10H8BrNO2.C6H15N.C2H6O/c1-17-26-22-14-19(6-7-23(22)34-17)33-16-18(30)15-28-10-8-27(9-11-28)12-13-29-24(31)20-4-2-3-5-21(20)25(29)32;1-10-17-13-8-12(2-3-14(13)21-10)20-9-15(19)18-11-4-6-16-7-5-11;11-5-6-12-9(13)7-3-1-2-4-8(7)10(12)14;1-4-7(5-2)6-3;1-2-3/h2-7,14,18,30H,8-13,15-16H2,1H3;2-3,8,11,15-16,18-19H,4-7,9H2,1H3;1-4H,5-6H2;4-6H2,1-3H3;3H,2H2,1H3/t18-;15-;;;/m10.../s1. The second-order valence-corrected chi connectivity index (χ2v) is 22.4. The number of aliphatic hydroxyl groups excluding tert-OH is 3. The van der Waals surface area contributed by atoms with Gasteiger partial charge in [-0.15, -0.1) is 22.7 Å². The summed E-state index contributed by atoms with van der Waals surface area (Å²) < 4.78 is 13.8. The molecule has 0 spiro atoms. The minimum Gasteiger partial charge on any atom is -0.491 e. The van der Waals surface area contributed by atoms with Crippen molar-refractivity contribution in [2.45, 2.75) is 72.8 Å². The molecule has 5 N–H and O–H groups in total. The molecule has 4 aliphatic rings. The Balaban J connectivity index is 0.000000190. The van der Waals surface area contributed by atoms with Crippen LogP contribution in [0.1, 0.15) is 92.0 Å². The van der Waals surface area contributed by atoms with Gasteiger partial charge in [0.1, 0.15) is 37.0 Å². The lowest BCUT2D eigenvalue weighted by molar-refractivity contribution is 0.0425.